The number of aliphatic carboxylic acids is 1. The van der Waals surface area contributed by atoms with Gasteiger partial charge in [0, 0.05) is 6.42 Å². The topological polar surface area (TPSA) is 63.3 Å². The minimum absolute atomic E-state index is 0.0394. The average molecular weight is 147 g/mol. The van der Waals surface area contributed by atoms with E-state index in [2.05, 4.69) is 0 Å². The van der Waals surface area contributed by atoms with Crippen molar-refractivity contribution >= 4 is 5.97 Å². The Hall–Kier alpha value is -0.640. The Morgan fingerprint density at radius 2 is 2.40 bits per heavy atom. The molecule has 3 nitrogen and oxygen atoms in total. The van der Waals surface area contributed by atoms with E-state index in [4.69, 9.17) is 10.8 Å². The molecule has 1 aliphatic rings. The molecule has 1 fully saturated rings. The second kappa shape index (κ2) is 2.20. The molecule has 3 N–H and O–H groups in total. The van der Waals surface area contributed by atoms with Gasteiger partial charge in [0.25, 0.3) is 0 Å². The van der Waals surface area contributed by atoms with E-state index in [1.165, 1.54) is 0 Å². The summed E-state index contributed by atoms with van der Waals surface area (Å²) in [5.41, 5.74) is 4.06. The SMILES string of the molecule is NC1(C(=O)O)CCC(F)C1. The summed E-state index contributed by atoms with van der Waals surface area (Å²) in [4.78, 5) is 10.4. The van der Waals surface area contributed by atoms with Crippen molar-refractivity contribution in [3.63, 3.8) is 0 Å². The number of carboxylic acid groups (broad SMARTS) is 1. The van der Waals surface area contributed by atoms with Gasteiger partial charge in [0.05, 0.1) is 0 Å². The molecule has 0 aliphatic heterocycles. The molecule has 0 saturated heterocycles. The molecule has 58 valence electrons. The minimum atomic E-state index is -1.29. The van der Waals surface area contributed by atoms with E-state index >= 15 is 0 Å². The van der Waals surface area contributed by atoms with Gasteiger partial charge in [-0.1, -0.05) is 0 Å². The van der Waals surface area contributed by atoms with Gasteiger partial charge in [-0.05, 0) is 12.8 Å². The van der Waals surface area contributed by atoms with Gasteiger partial charge >= 0.3 is 5.97 Å². The van der Waals surface area contributed by atoms with Crippen LogP contribution < -0.4 is 5.73 Å². The van der Waals surface area contributed by atoms with Crippen LogP contribution in [-0.2, 0) is 4.79 Å². The van der Waals surface area contributed by atoms with Gasteiger partial charge in [-0.2, -0.15) is 0 Å². The summed E-state index contributed by atoms with van der Waals surface area (Å²) >= 11 is 0. The molecule has 10 heavy (non-hydrogen) atoms. The molecule has 0 aromatic rings. The van der Waals surface area contributed by atoms with E-state index in [1.807, 2.05) is 0 Å². The van der Waals surface area contributed by atoms with Gasteiger partial charge in [0.1, 0.15) is 11.7 Å². The Bertz CT molecular complexity index is 162. The highest BCUT2D eigenvalue weighted by atomic mass is 19.1. The summed E-state index contributed by atoms with van der Waals surface area (Å²) < 4.78 is 12.4. The van der Waals surface area contributed by atoms with Crippen LogP contribution in [0.2, 0.25) is 0 Å². The molecule has 0 spiro atoms. The number of halogens is 1. The van der Waals surface area contributed by atoms with Gasteiger partial charge in [-0.3, -0.25) is 4.79 Å². The first-order valence-electron chi connectivity index (χ1n) is 3.21. The molecule has 0 aromatic carbocycles. The summed E-state index contributed by atoms with van der Waals surface area (Å²) in [7, 11) is 0. The summed E-state index contributed by atoms with van der Waals surface area (Å²) in [5, 5.41) is 8.50. The first-order chi connectivity index (χ1) is 4.54. The highest BCUT2D eigenvalue weighted by Gasteiger charge is 2.42. The zero-order valence-electron chi connectivity index (χ0n) is 5.51. The number of hydrogen-bond acceptors (Lipinski definition) is 2. The van der Waals surface area contributed by atoms with Crippen LogP contribution in [0.1, 0.15) is 19.3 Å². The van der Waals surface area contributed by atoms with Crippen molar-refractivity contribution in [3.8, 4) is 0 Å². The fraction of sp³-hybridized carbons (Fsp3) is 0.833. The lowest BCUT2D eigenvalue weighted by Crippen LogP contribution is -2.45. The second-order valence-electron chi connectivity index (χ2n) is 2.80. The quantitative estimate of drug-likeness (QED) is 0.560. The summed E-state index contributed by atoms with van der Waals surface area (Å²) in [6.07, 6.45) is -0.532. The van der Waals surface area contributed by atoms with Crippen LogP contribution in [0.3, 0.4) is 0 Å². The Labute approximate surface area is 58.0 Å². The zero-order valence-corrected chi connectivity index (χ0v) is 5.51. The van der Waals surface area contributed by atoms with Gasteiger partial charge in [-0.15, -0.1) is 0 Å². The second-order valence-corrected chi connectivity index (χ2v) is 2.80. The van der Waals surface area contributed by atoms with Crippen molar-refractivity contribution in [2.45, 2.75) is 31.0 Å². The first kappa shape index (κ1) is 7.47. The normalized spacial score (nSPS) is 40.0. The van der Waals surface area contributed by atoms with Gasteiger partial charge in [0.2, 0.25) is 0 Å². The Kier molecular flexibility index (Phi) is 1.64. The fourth-order valence-corrected chi connectivity index (χ4v) is 1.21. The van der Waals surface area contributed by atoms with E-state index < -0.39 is 17.7 Å². The molecule has 0 radical (unpaired) electrons. The predicted molar refractivity (Wildman–Crippen MR) is 33.3 cm³/mol. The lowest BCUT2D eigenvalue weighted by molar-refractivity contribution is -0.143. The van der Waals surface area contributed by atoms with Crippen molar-refractivity contribution in [1.82, 2.24) is 0 Å². The van der Waals surface area contributed by atoms with Crippen molar-refractivity contribution in [2.24, 2.45) is 5.73 Å². The Morgan fingerprint density at radius 1 is 1.80 bits per heavy atom. The number of hydrogen-bond donors (Lipinski definition) is 2. The number of carbonyl (C=O) groups is 1. The first-order valence-corrected chi connectivity index (χ1v) is 3.21. The number of alkyl halides is 1. The lowest BCUT2D eigenvalue weighted by Gasteiger charge is -2.15. The third-order valence-electron chi connectivity index (χ3n) is 1.92. The zero-order chi connectivity index (χ0) is 7.78. The molecule has 1 aliphatic carbocycles. The summed E-state index contributed by atoms with van der Waals surface area (Å²) in [5.74, 6) is -1.09. The minimum Gasteiger partial charge on any atom is -0.480 e. The smallest absolute Gasteiger partial charge is 0.323 e. The van der Waals surface area contributed by atoms with Crippen LogP contribution in [0.4, 0.5) is 4.39 Å². The van der Waals surface area contributed by atoms with E-state index in [-0.39, 0.29) is 19.3 Å². The lowest BCUT2D eigenvalue weighted by atomic mass is 10.00. The molecule has 0 bridgehead atoms. The number of rotatable bonds is 1. The van der Waals surface area contributed by atoms with Crippen LogP contribution in [-0.4, -0.2) is 22.8 Å². The van der Waals surface area contributed by atoms with Gasteiger partial charge < -0.3 is 10.8 Å². The molecular weight excluding hydrogens is 137 g/mol. The van der Waals surface area contributed by atoms with E-state index in [9.17, 15) is 9.18 Å². The number of carboxylic acids is 1. The maximum atomic E-state index is 12.4. The fourth-order valence-electron chi connectivity index (χ4n) is 1.21. The molecule has 0 heterocycles. The average Bonchev–Trinajstić information content (AvgIpc) is 2.13. The van der Waals surface area contributed by atoms with Crippen LogP contribution in [0.15, 0.2) is 0 Å². The molecule has 1 saturated carbocycles. The van der Waals surface area contributed by atoms with Crippen LogP contribution in [0.5, 0.6) is 0 Å². The molecule has 0 aromatic heterocycles. The Morgan fingerprint density at radius 3 is 2.60 bits per heavy atom. The molecule has 2 unspecified atom stereocenters. The largest absolute Gasteiger partial charge is 0.480 e. The van der Waals surface area contributed by atoms with Gasteiger partial charge in [0.15, 0.2) is 0 Å². The van der Waals surface area contributed by atoms with E-state index in [1.54, 1.807) is 0 Å². The van der Waals surface area contributed by atoms with Crippen LogP contribution in [0, 0.1) is 0 Å². The van der Waals surface area contributed by atoms with Crippen molar-refractivity contribution in [1.29, 1.82) is 0 Å². The molecule has 2 atom stereocenters. The molecule has 0 amide bonds. The molecule has 4 heteroatoms. The van der Waals surface area contributed by atoms with Crippen molar-refractivity contribution < 1.29 is 14.3 Å². The Balaban J connectivity index is 2.63. The maximum Gasteiger partial charge on any atom is 0.323 e. The highest BCUT2D eigenvalue weighted by molar-refractivity contribution is 5.78. The summed E-state index contributed by atoms with van der Waals surface area (Å²) in [6.45, 7) is 0. The number of nitrogens with two attached hydrogens (primary N) is 1. The molecule has 1 rings (SSSR count). The third-order valence-corrected chi connectivity index (χ3v) is 1.92. The van der Waals surface area contributed by atoms with E-state index in [0.717, 1.165) is 0 Å². The predicted octanol–water partition coefficient (Wildman–Crippen LogP) is 0.290. The van der Waals surface area contributed by atoms with E-state index in [0.29, 0.717) is 0 Å². The highest BCUT2D eigenvalue weighted by Crippen LogP contribution is 2.29. The summed E-state index contributed by atoms with van der Waals surface area (Å²) in [6, 6.07) is 0. The van der Waals surface area contributed by atoms with Crippen molar-refractivity contribution in [3.05, 3.63) is 0 Å². The van der Waals surface area contributed by atoms with Gasteiger partial charge in [-0.25, -0.2) is 4.39 Å². The van der Waals surface area contributed by atoms with Crippen LogP contribution >= 0.6 is 0 Å². The monoisotopic (exact) mass is 147 g/mol. The third kappa shape index (κ3) is 1.11. The van der Waals surface area contributed by atoms with Crippen molar-refractivity contribution in [2.75, 3.05) is 0 Å². The maximum absolute atomic E-state index is 12.4. The van der Waals surface area contributed by atoms with Crippen LogP contribution in [0.25, 0.3) is 0 Å². The standard InChI is InChI=1S/C6H10FNO2/c7-4-1-2-6(8,3-4)5(9)10/h4H,1-3,8H2,(H,9,10). The molecular formula is C6H10FNO2.